The molecule has 1 aromatic carbocycles. The lowest BCUT2D eigenvalue weighted by molar-refractivity contribution is 0.419. The van der Waals surface area contributed by atoms with Crippen molar-refractivity contribution in [3.63, 3.8) is 0 Å². The van der Waals surface area contributed by atoms with Crippen molar-refractivity contribution in [1.29, 1.82) is 0 Å². The summed E-state index contributed by atoms with van der Waals surface area (Å²) in [6.45, 7) is 3.12. The second-order valence-electron chi connectivity index (χ2n) is 4.65. The van der Waals surface area contributed by atoms with E-state index in [9.17, 15) is 0 Å². The van der Waals surface area contributed by atoms with Crippen molar-refractivity contribution < 1.29 is 8.94 Å². The van der Waals surface area contributed by atoms with Gasteiger partial charge in [-0.3, -0.25) is 0 Å². The van der Waals surface area contributed by atoms with E-state index in [1.165, 1.54) is 6.39 Å². The second kappa shape index (κ2) is 7.45. The molecule has 0 radical (unpaired) electrons. The number of aryl methyl sites for hydroxylation is 1. The lowest BCUT2D eigenvalue weighted by atomic mass is 10.1. The van der Waals surface area contributed by atoms with Crippen LogP contribution in [0.5, 0.6) is 0 Å². The normalized spacial score (nSPS) is 10.5. The number of benzene rings is 1. The standard InChI is InChI=1S/C15H14ClN3O2.ClH/c1-10-14(18-9-20-10)8-17-7-13-6-15(21-19-13)11-2-4-12(16)5-3-11;/h2-6,9,17H,7-8H2,1H3;1H. The highest BCUT2D eigenvalue weighted by Gasteiger charge is 2.07. The van der Waals surface area contributed by atoms with Gasteiger partial charge in [0.15, 0.2) is 12.2 Å². The molecule has 0 aliphatic carbocycles. The smallest absolute Gasteiger partial charge is 0.181 e. The molecule has 7 heteroatoms. The Kier molecular flexibility index (Phi) is 5.60. The predicted molar refractivity (Wildman–Crippen MR) is 86.0 cm³/mol. The monoisotopic (exact) mass is 339 g/mol. The van der Waals surface area contributed by atoms with Crippen LogP contribution in [0.2, 0.25) is 5.02 Å². The van der Waals surface area contributed by atoms with Gasteiger partial charge >= 0.3 is 0 Å². The zero-order valence-corrected chi connectivity index (χ0v) is 13.4. The molecule has 1 N–H and O–H groups in total. The zero-order valence-electron chi connectivity index (χ0n) is 11.9. The molecule has 116 valence electrons. The van der Waals surface area contributed by atoms with Crippen LogP contribution < -0.4 is 5.32 Å². The zero-order chi connectivity index (χ0) is 14.7. The maximum atomic E-state index is 5.86. The Labute approximate surface area is 139 Å². The molecule has 3 rings (SSSR count). The molecule has 5 nitrogen and oxygen atoms in total. The number of hydrogen-bond donors (Lipinski definition) is 1. The molecular weight excluding hydrogens is 325 g/mol. The maximum Gasteiger partial charge on any atom is 0.181 e. The number of halogens is 2. The van der Waals surface area contributed by atoms with Gasteiger partial charge in [0.05, 0.1) is 11.4 Å². The fourth-order valence-electron chi connectivity index (χ4n) is 1.95. The van der Waals surface area contributed by atoms with Crippen LogP contribution in [-0.4, -0.2) is 10.1 Å². The van der Waals surface area contributed by atoms with E-state index in [4.69, 9.17) is 20.5 Å². The van der Waals surface area contributed by atoms with E-state index in [1.54, 1.807) is 0 Å². The van der Waals surface area contributed by atoms with Crippen molar-refractivity contribution in [3.05, 3.63) is 58.9 Å². The first-order valence-electron chi connectivity index (χ1n) is 6.53. The number of rotatable bonds is 5. The summed E-state index contributed by atoms with van der Waals surface area (Å²) in [5.41, 5.74) is 2.68. The van der Waals surface area contributed by atoms with Gasteiger partial charge in [-0.1, -0.05) is 16.8 Å². The third-order valence-corrected chi connectivity index (χ3v) is 3.38. The first-order chi connectivity index (χ1) is 10.2. The van der Waals surface area contributed by atoms with Crippen molar-refractivity contribution >= 4 is 24.0 Å². The van der Waals surface area contributed by atoms with Gasteiger partial charge in [-0.25, -0.2) is 4.98 Å². The van der Waals surface area contributed by atoms with Crippen LogP contribution in [-0.2, 0) is 13.1 Å². The van der Waals surface area contributed by atoms with Crippen molar-refractivity contribution in [2.24, 2.45) is 0 Å². The maximum absolute atomic E-state index is 5.86. The minimum atomic E-state index is 0. The van der Waals surface area contributed by atoms with Gasteiger partial charge in [-0.15, -0.1) is 12.4 Å². The van der Waals surface area contributed by atoms with E-state index in [0.717, 1.165) is 28.5 Å². The number of aromatic nitrogens is 2. The molecule has 0 fully saturated rings. The van der Waals surface area contributed by atoms with Crippen molar-refractivity contribution in [1.82, 2.24) is 15.5 Å². The lowest BCUT2D eigenvalue weighted by Gasteiger charge is -1.99. The van der Waals surface area contributed by atoms with Crippen LogP contribution >= 0.6 is 24.0 Å². The van der Waals surface area contributed by atoms with Gasteiger partial charge < -0.3 is 14.3 Å². The SMILES string of the molecule is Cc1ocnc1CNCc1cc(-c2ccc(Cl)cc2)on1.Cl. The average molecular weight is 340 g/mol. The van der Waals surface area contributed by atoms with Gasteiger partial charge in [0.1, 0.15) is 5.76 Å². The third-order valence-electron chi connectivity index (χ3n) is 3.13. The molecule has 2 aromatic heterocycles. The van der Waals surface area contributed by atoms with E-state index >= 15 is 0 Å². The van der Waals surface area contributed by atoms with Gasteiger partial charge in [-0.05, 0) is 31.2 Å². The second-order valence-corrected chi connectivity index (χ2v) is 5.08. The summed E-state index contributed by atoms with van der Waals surface area (Å²) in [5.74, 6) is 1.55. The Hall–Kier alpha value is -1.82. The van der Waals surface area contributed by atoms with Crippen LogP contribution in [0, 0.1) is 6.92 Å². The molecule has 0 bridgehead atoms. The van der Waals surface area contributed by atoms with Crippen LogP contribution in [0.15, 0.2) is 45.7 Å². The minimum absolute atomic E-state index is 0. The molecule has 0 atom stereocenters. The molecular formula is C15H15Cl2N3O2. The highest BCUT2D eigenvalue weighted by molar-refractivity contribution is 6.30. The topological polar surface area (TPSA) is 64.1 Å². The molecule has 0 saturated heterocycles. The van der Waals surface area contributed by atoms with Crippen LogP contribution in [0.1, 0.15) is 17.1 Å². The van der Waals surface area contributed by atoms with Gasteiger partial charge in [0.25, 0.3) is 0 Å². The summed E-state index contributed by atoms with van der Waals surface area (Å²) in [4.78, 5) is 4.12. The molecule has 0 amide bonds. The Bertz CT molecular complexity index is 722. The molecule has 2 heterocycles. The molecule has 22 heavy (non-hydrogen) atoms. The Morgan fingerprint density at radius 2 is 1.95 bits per heavy atom. The number of nitrogens with zero attached hydrogens (tertiary/aromatic N) is 2. The van der Waals surface area contributed by atoms with E-state index in [-0.39, 0.29) is 12.4 Å². The first-order valence-corrected chi connectivity index (χ1v) is 6.91. The van der Waals surface area contributed by atoms with Crippen molar-refractivity contribution in [2.45, 2.75) is 20.0 Å². The quantitative estimate of drug-likeness (QED) is 0.760. The van der Waals surface area contributed by atoms with Gasteiger partial charge in [0, 0.05) is 29.7 Å². The average Bonchev–Trinajstić information content (AvgIpc) is 3.10. The first kappa shape index (κ1) is 16.5. The van der Waals surface area contributed by atoms with Crippen LogP contribution in [0.4, 0.5) is 0 Å². The summed E-state index contributed by atoms with van der Waals surface area (Å²) >= 11 is 5.86. The molecule has 3 aromatic rings. The number of oxazole rings is 1. The van der Waals surface area contributed by atoms with Crippen molar-refractivity contribution in [3.8, 4) is 11.3 Å². The summed E-state index contributed by atoms with van der Waals surface area (Å²) in [5, 5.41) is 7.99. The van der Waals surface area contributed by atoms with E-state index in [0.29, 0.717) is 18.1 Å². The van der Waals surface area contributed by atoms with Gasteiger partial charge in [0.2, 0.25) is 0 Å². The highest BCUT2D eigenvalue weighted by Crippen LogP contribution is 2.22. The van der Waals surface area contributed by atoms with Crippen LogP contribution in [0.3, 0.4) is 0 Å². The Morgan fingerprint density at radius 3 is 2.64 bits per heavy atom. The molecule has 0 spiro atoms. The lowest BCUT2D eigenvalue weighted by Crippen LogP contribution is -2.13. The Morgan fingerprint density at radius 1 is 1.18 bits per heavy atom. The fourth-order valence-corrected chi connectivity index (χ4v) is 2.08. The summed E-state index contributed by atoms with van der Waals surface area (Å²) in [6.07, 6.45) is 1.45. The predicted octanol–water partition coefficient (Wildman–Crippen LogP) is 4.00. The third kappa shape index (κ3) is 3.88. The molecule has 0 aliphatic rings. The largest absolute Gasteiger partial charge is 0.448 e. The van der Waals surface area contributed by atoms with E-state index in [2.05, 4.69) is 15.5 Å². The summed E-state index contributed by atoms with van der Waals surface area (Å²) in [7, 11) is 0. The molecule has 0 unspecified atom stereocenters. The minimum Gasteiger partial charge on any atom is -0.448 e. The van der Waals surface area contributed by atoms with Crippen molar-refractivity contribution in [2.75, 3.05) is 0 Å². The summed E-state index contributed by atoms with van der Waals surface area (Å²) in [6, 6.07) is 9.36. The fraction of sp³-hybridized carbons (Fsp3) is 0.200. The van der Waals surface area contributed by atoms with E-state index in [1.807, 2.05) is 37.3 Å². The number of nitrogens with one attached hydrogen (secondary N) is 1. The van der Waals surface area contributed by atoms with E-state index < -0.39 is 0 Å². The molecule has 0 aliphatic heterocycles. The Balaban J connectivity index is 0.00000176. The summed E-state index contributed by atoms with van der Waals surface area (Å²) < 4.78 is 10.5. The van der Waals surface area contributed by atoms with Crippen LogP contribution in [0.25, 0.3) is 11.3 Å². The highest BCUT2D eigenvalue weighted by atomic mass is 35.5. The van der Waals surface area contributed by atoms with Gasteiger partial charge in [-0.2, -0.15) is 0 Å². The number of hydrogen-bond acceptors (Lipinski definition) is 5. The molecule has 0 saturated carbocycles.